The molecule has 3 rings (SSSR count). The number of ether oxygens (including phenoxy) is 3. The maximum absolute atomic E-state index is 12.5. The molecule has 0 bridgehead atoms. The zero-order valence-electron chi connectivity index (χ0n) is 15.9. The Morgan fingerprint density at radius 1 is 1.21 bits per heavy atom. The summed E-state index contributed by atoms with van der Waals surface area (Å²) in [6.07, 6.45) is 0.980. The molecule has 152 valence electrons. The summed E-state index contributed by atoms with van der Waals surface area (Å²) in [6.45, 7) is 1.61. The van der Waals surface area contributed by atoms with Crippen LogP contribution in [0.1, 0.15) is 24.8 Å². The van der Waals surface area contributed by atoms with Gasteiger partial charge in [0.2, 0.25) is 24.5 Å². The van der Waals surface area contributed by atoms with Crippen LogP contribution in [-0.2, 0) is 25.7 Å². The lowest BCUT2D eigenvalue weighted by Gasteiger charge is -2.24. The van der Waals surface area contributed by atoms with Crippen molar-refractivity contribution in [1.29, 1.82) is 0 Å². The van der Waals surface area contributed by atoms with Gasteiger partial charge in [0.05, 0.1) is 6.61 Å². The van der Waals surface area contributed by atoms with Gasteiger partial charge in [-0.3, -0.25) is 14.4 Å². The van der Waals surface area contributed by atoms with Crippen LogP contribution in [0.15, 0.2) is 18.2 Å². The topological polar surface area (TPSA) is 106 Å². The van der Waals surface area contributed by atoms with Crippen LogP contribution in [0.25, 0.3) is 0 Å². The van der Waals surface area contributed by atoms with E-state index in [-0.39, 0.29) is 37.5 Å². The van der Waals surface area contributed by atoms with Crippen LogP contribution in [-0.4, -0.2) is 62.3 Å². The van der Waals surface area contributed by atoms with Crippen LogP contribution < -0.4 is 20.1 Å². The number of hydrogen-bond donors (Lipinski definition) is 2. The number of fused-ring (bicyclic) bond motifs is 1. The lowest BCUT2D eigenvalue weighted by Crippen LogP contribution is -2.45. The average Bonchev–Trinajstić information content (AvgIpc) is 3.28. The predicted octanol–water partition coefficient (Wildman–Crippen LogP) is 0.175. The highest BCUT2D eigenvalue weighted by Crippen LogP contribution is 2.33. The average molecular weight is 391 g/mol. The molecule has 1 saturated heterocycles. The first-order valence-electron chi connectivity index (χ1n) is 9.30. The van der Waals surface area contributed by atoms with E-state index in [1.165, 1.54) is 0 Å². The van der Waals surface area contributed by atoms with E-state index in [1.807, 2.05) is 12.1 Å². The van der Waals surface area contributed by atoms with Gasteiger partial charge < -0.3 is 29.7 Å². The molecule has 2 aliphatic heterocycles. The van der Waals surface area contributed by atoms with Crippen molar-refractivity contribution in [2.75, 3.05) is 33.6 Å². The van der Waals surface area contributed by atoms with Crippen LogP contribution >= 0.6 is 0 Å². The highest BCUT2D eigenvalue weighted by molar-refractivity contribution is 5.91. The van der Waals surface area contributed by atoms with Crippen molar-refractivity contribution in [3.63, 3.8) is 0 Å². The summed E-state index contributed by atoms with van der Waals surface area (Å²) in [5.41, 5.74) is 0.870. The van der Waals surface area contributed by atoms with Gasteiger partial charge in [0.1, 0.15) is 6.04 Å². The normalized spacial score (nSPS) is 17.7. The minimum absolute atomic E-state index is 0.0601. The van der Waals surface area contributed by atoms with Crippen molar-refractivity contribution in [3.8, 4) is 11.5 Å². The molecule has 9 heteroatoms. The number of nitrogens with zero attached hydrogens (tertiary/aromatic N) is 1. The quantitative estimate of drug-likeness (QED) is 0.582. The Kier molecular flexibility index (Phi) is 6.70. The summed E-state index contributed by atoms with van der Waals surface area (Å²) >= 11 is 0. The van der Waals surface area contributed by atoms with E-state index in [2.05, 4.69) is 10.6 Å². The van der Waals surface area contributed by atoms with E-state index in [1.54, 1.807) is 18.1 Å². The summed E-state index contributed by atoms with van der Waals surface area (Å²) in [6, 6.07) is 4.95. The Morgan fingerprint density at radius 2 is 2.04 bits per heavy atom. The van der Waals surface area contributed by atoms with E-state index in [0.717, 1.165) is 5.56 Å². The first kappa shape index (κ1) is 19.9. The lowest BCUT2D eigenvalue weighted by molar-refractivity contribution is -0.136. The number of likely N-dealkylation sites (tertiary alicyclic amines) is 1. The molecule has 2 aliphatic rings. The Morgan fingerprint density at radius 3 is 2.86 bits per heavy atom. The zero-order valence-corrected chi connectivity index (χ0v) is 15.9. The first-order valence-corrected chi connectivity index (χ1v) is 9.30. The van der Waals surface area contributed by atoms with Crippen molar-refractivity contribution >= 4 is 17.7 Å². The molecule has 0 spiro atoms. The number of hydrogen-bond acceptors (Lipinski definition) is 6. The monoisotopic (exact) mass is 391 g/mol. The van der Waals surface area contributed by atoms with Gasteiger partial charge in [0.25, 0.3) is 0 Å². The fourth-order valence-electron chi connectivity index (χ4n) is 3.24. The van der Waals surface area contributed by atoms with Gasteiger partial charge in [-0.25, -0.2) is 0 Å². The summed E-state index contributed by atoms with van der Waals surface area (Å²) < 4.78 is 15.5. The number of nitrogens with one attached hydrogen (secondary N) is 2. The van der Waals surface area contributed by atoms with Crippen molar-refractivity contribution in [2.45, 2.75) is 31.8 Å². The van der Waals surface area contributed by atoms with Gasteiger partial charge in [0, 0.05) is 39.6 Å². The largest absolute Gasteiger partial charge is 0.454 e. The van der Waals surface area contributed by atoms with Crippen molar-refractivity contribution in [3.05, 3.63) is 23.8 Å². The van der Waals surface area contributed by atoms with E-state index in [0.29, 0.717) is 44.0 Å². The number of carbonyl (C=O) groups is 3. The molecule has 1 aromatic rings. The zero-order chi connectivity index (χ0) is 19.9. The molecule has 28 heavy (non-hydrogen) atoms. The highest BCUT2D eigenvalue weighted by atomic mass is 16.7. The Labute approximate surface area is 163 Å². The van der Waals surface area contributed by atoms with E-state index < -0.39 is 6.04 Å². The fourth-order valence-corrected chi connectivity index (χ4v) is 3.24. The molecule has 0 aromatic heterocycles. The SMILES string of the molecule is COCCNC(=O)CCNC(=O)C1CCC(=O)N1Cc1ccc2c(c1)OCO2. The molecular formula is C19H25N3O6. The summed E-state index contributed by atoms with van der Waals surface area (Å²) in [4.78, 5) is 38.0. The fraction of sp³-hybridized carbons (Fsp3) is 0.526. The highest BCUT2D eigenvalue weighted by Gasteiger charge is 2.36. The van der Waals surface area contributed by atoms with Crippen LogP contribution in [0.5, 0.6) is 11.5 Å². The minimum Gasteiger partial charge on any atom is -0.454 e. The Bertz CT molecular complexity index is 738. The third-order valence-corrected chi connectivity index (χ3v) is 4.70. The summed E-state index contributed by atoms with van der Waals surface area (Å²) in [7, 11) is 1.56. The molecule has 0 radical (unpaired) electrons. The van der Waals surface area contributed by atoms with Crippen LogP contribution in [0.2, 0.25) is 0 Å². The molecule has 1 aromatic carbocycles. The van der Waals surface area contributed by atoms with Gasteiger partial charge in [-0.2, -0.15) is 0 Å². The Hall–Kier alpha value is -2.81. The lowest BCUT2D eigenvalue weighted by atomic mass is 10.1. The van der Waals surface area contributed by atoms with Crippen LogP contribution in [0.3, 0.4) is 0 Å². The second-order valence-electron chi connectivity index (χ2n) is 6.65. The standard InChI is InChI=1S/C19H25N3O6/c1-26-9-8-20-17(23)6-7-21-19(25)14-3-5-18(24)22(14)11-13-2-4-15-16(10-13)28-12-27-15/h2,4,10,14H,3,5-9,11-12H2,1H3,(H,20,23)(H,21,25). The van der Waals surface area contributed by atoms with E-state index in [4.69, 9.17) is 14.2 Å². The van der Waals surface area contributed by atoms with E-state index >= 15 is 0 Å². The van der Waals surface area contributed by atoms with Gasteiger partial charge in [-0.15, -0.1) is 0 Å². The number of rotatable bonds is 9. The van der Waals surface area contributed by atoms with E-state index in [9.17, 15) is 14.4 Å². The van der Waals surface area contributed by atoms with Crippen molar-refractivity contribution in [1.82, 2.24) is 15.5 Å². The van der Waals surface area contributed by atoms with Gasteiger partial charge >= 0.3 is 0 Å². The number of methoxy groups -OCH3 is 1. The molecule has 2 N–H and O–H groups in total. The molecule has 1 fully saturated rings. The summed E-state index contributed by atoms with van der Waals surface area (Å²) in [5, 5.41) is 5.45. The molecule has 0 aliphatic carbocycles. The molecule has 0 saturated carbocycles. The predicted molar refractivity (Wildman–Crippen MR) is 98.6 cm³/mol. The van der Waals surface area contributed by atoms with Gasteiger partial charge in [0.15, 0.2) is 11.5 Å². The maximum atomic E-state index is 12.5. The summed E-state index contributed by atoms with van der Waals surface area (Å²) in [5.74, 6) is 0.864. The smallest absolute Gasteiger partial charge is 0.242 e. The van der Waals surface area contributed by atoms with Crippen molar-refractivity contribution < 1.29 is 28.6 Å². The second-order valence-corrected chi connectivity index (χ2v) is 6.65. The molecule has 1 unspecified atom stereocenters. The number of amides is 3. The van der Waals surface area contributed by atoms with Crippen LogP contribution in [0.4, 0.5) is 0 Å². The third-order valence-electron chi connectivity index (χ3n) is 4.70. The van der Waals surface area contributed by atoms with Gasteiger partial charge in [-0.1, -0.05) is 6.07 Å². The molecule has 1 atom stereocenters. The molecule has 2 heterocycles. The van der Waals surface area contributed by atoms with Crippen molar-refractivity contribution in [2.24, 2.45) is 0 Å². The first-order chi connectivity index (χ1) is 13.6. The minimum atomic E-state index is -0.533. The maximum Gasteiger partial charge on any atom is 0.242 e. The number of carbonyl (C=O) groups excluding carboxylic acids is 3. The third kappa shape index (κ3) is 4.92. The molecule has 9 nitrogen and oxygen atoms in total. The molecular weight excluding hydrogens is 366 g/mol. The molecule has 3 amide bonds. The Balaban J connectivity index is 1.50. The van der Waals surface area contributed by atoms with Gasteiger partial charge in [-0.05, 0) is 24.1 Å². The van der Waals surface area contributed by atoms with Crippen LogP contribution in [0, 0.1) is 0 Å². The second kappa shape index (κ2) is 9.41. The number of benzene rings is 1.